The van der Waals surface area contributed by atoms with Crippen molar-refractivity contribution in [2.75, 3.05) is 61.6 Å². The number of ether oxygens (including phenoxy) is 2. The Kier molecular flexibility index (Phi) is 5.89. The predicted octanol–water partition coefficient (Wildman–Crippen LogP) is 4.30. The zero-order valence-corrected chi connectivity index (χ0v) is 19.3. The lowest BCUT2D eigenvalue weighted by atomic mass is 10.1. The minimum atomic E-state index is -0.130. The lowest BCUT2D eigenvalue weighted by Crippen LogP contribution is -2.36. The number of hydrogen-bond donors (Lipinski definition) is 1. The zero-order chi connectivity index (χ0) is 22.1. The van der Waals surface area contributed by atoms with Gasteiger partial charge in [0.15, 0.2) is 5.13 Å². The molecule has 2 saturated heterocycles. The maximum atomic E-state index is 13.2. The van der Waals surface area contributed by atoms with E-state index in [0.29, 0.717) is 29.7 Å². The smallest absolute Gasteiger partial charge is 0.257 e. The van der Waals surface area contributed by atoms with Gasteiger partial charge >= 0.3 is 0 Å². The van der Waals surface area contributed by atoms with E-state index in [9.17, 15) is 4.79 Å². The van der Waals surface area contributed by atoms with Crippen LogP contribution in [0.2, 0.25) is 0 Å². The molecule has 1 N–H and O–H groups in total. The molecule has 5 rings (SSSR count). The van der Waals surface area contributed by atoms with Crippen LogP contribution in [0, 0.1) is 6.92 Å². The van der Waals surface area contributed by atoms with Gasteiger partial charge in [0.1, 0.15) is 11.3 Å². The molecule has 32 heavy (non-hydrogen) atoms. The molecule has 1 aromatic heterocycles. The molecule has 7 nitrogen and oxygen atoms in total. The lowest BCUT2D eigenvalue weighted by molar-refractivity contribution is 0.102. The second kappa shape index (κ2) is 8.96. The maximum absolute atomic E-state index is 13.2. The summed E-state index contributed by atoms with van der Waals surface area (Å²) < 4.78 is 12.1. The van der Waals surface area contributed by atoms with Crippen LogP contribution in [-0.4, -0.2) is 57.4 Å². The van der Waals surface area contributed by atoms with Gasteiger partial charge in [-0.15, -0.1) is 0 Å². The van der Waals surface area contributed by atoms with Crippen molar-refractivity contribution in [3.63, 3.8) is 0 Å². The molecule has 1 amide bonds. The topological polar surface area (TPSA) is 66.9 Å². The fourth-order valence-electron chi connectivity index (χ4n) is 4.58. The van der Waals surface area contributed by atoms with Gasteiger partial charge in [0.05, 0.1) is 30.7 Å². The van der Waals surface area contributed by atoms with Crippen molar-refractivity contribution in [2.45, 2.75) is 19.8 Å². The molecule has 0 bridgehead atoms. The van der Waals surface area contributed by atoms with E-state index in [2.05, 4.69) is 27.2 Å². The summed E-state index contributed by atoms with van der Waals surface area (Å²) in [5.74, 6) is 0.579. The van der Waals surface area contributed by atoms with Gasteiger partial charge in [-0.1, -0.05) is 17.4 Å². The number of benzene rings is 2. The summed E-state index contributed by atoms with van der Waals surface area (Å²) in [5, 5.41) is 3.62. The standard InChI is InChI=1S/C24H28N4O3S/c1-16-17(6-5-7-18(16)27-10-3-4-11-27)23(29)26-24-25-21-20(30-2)9-8-19(22(21)32-24)28-12-14-31-15-13-28/h5-9H,3-4,10-15H2,1-2H3,(H,25,26,29). The molecule has 0 spiro atoms. The van der Waals surface area contributed by atoms with Gasteiger partial charge < -0.3 is 19.3 Å². The molecule has 0 radical (unpaired) electrons. The first-order chi connectivity index (χ1) is 15.7. The number of thiazole rings is 1. The summed E-state index contributed by atoms with van der Waals surface area (Å²) in [4.78, 5) is 22.6. The Morgan fingerprint density at radius 2 is 1.81 bits per heavy atom. The highest BCUT2D eigenvalue weighted by Gasteiger charge is 2.22. The second-order valence-corrected chi connectivity index (χ2v) is 9.18. The molecule has 2 aromatic carbocycles. The zero-order valence-electron chi connectivity index (χ0n) is 18.5. The highest BCUT2D eigenvalue weighted by Crippen LogP contribution is 2.40. The monoisotopic (exact) mass is 452 g/mol. The average Bonchev–Trinajstić information content (AvgIpc) is 3.49. The fourth-order valence-corrected chi connectivity index (χ4v) is 5.59. The van der Waals surface area contributed by atoms with Gasteiger partial charge in [-0.25, -0.2) is 4.98 Å². The number of methoxy groups -OCH3 is 1. The maximum Gasteiger partial charge on any atom is 0.257 e. The van der Waals surface area contributed by atoms with Crippen LogP contribution in [0.5, 0.6) is 5.75 Å². The fraction of sp³-hybridized carbons (Fsp3) is 0.417. The summed E-state index contributed by atoms with van der Waals surface area (Å²) in [5.41, 5.74) is 4.73. The van der Waals surface area contributed by atoms with Crippen molar-refractivity contribution in [3.8, 4) is 5.75 Å². The van der Waals surface area contributed by atoms with Gasteiger partial charge in [0.25, 0.3) is 5.91 Å². The van der Waals surface area contributed by atoms with E-state index in [4.69, 9.17) is 14.5 Å². The van der Waals surface area contributed by atoms with Crippen LogP contribution in [0.1, 0.15) is 28.8 Å². The SMILES string of the molecule is COc1ccc(N2CCOCC2)c2sc(NC(=O)c3cccc(N4CCCC4)c3C)nc12. The summed E-state index contributed by atoms with van der Waals surface area (Å²) in [7, 11) is 1.65. The molecule has 0 atom stereocenters. The van der Waals surface area contributed by atoms with E-state index >= 15 is 0 Å². The van der Waals surface area contributed by atoms with Crippen molar-refractivity contribution in [1.29, 1.82) is 0 Å². The number of amides is 1. The summed E-state index contributed by atoms with van der Waals surface area (Å²) >= 11 is 1.49. The molecule has 3 aromatic rings. The Balaban J connectivity index is 1.45. The molecule has 0 aliphatic carbocycles. The third-order valence-corrected chi connectivity index (χ3v) is 7.27. The predicted molar refractivity (Wildman–Crippen MR) is 130 cm³/mol. The van der Waals surface area contributed by atoms with E-state index in [0.717, 1.165) is 53.3 Å². The van der Waals surface area contributed by atoms with Crippen molar-refractivity contribution in [2.24, 2.45) is 0 Å². The van der Waals surface area contributed by atoms with Crippen molar-refractivity contribution in [3.05, 3.63) is 41.5 Å². The number of morpholine rings is 1. The average molecular weight is 453 g/mol. The number of nitrogens with zero attached hydrogens (tertiary/aromatic N) is 3. The number of nitrogens with one attached hydrogen (secondary N) is 1. The molecule has 3 heterocycles. The molecular formula is C24H28N4O3S. The Hall–Kier alpha value is -2.84. The first kappa shape index (κ1) is 21.0. The van der Waals surface area contributed by atoms with Gasteiger partial charge in [-0.2, -0.15) is 0 Å². The van der Waals surface area contributed by atoms with E-state index in [1.807, 2.05) is 25.1 Å². The number of fused-ring (bicyclic) bond motifs is 1. The largest absolute Gasteiger partial charge is 0.494 e. The molecule has 0 saturated carbocycles. The van der Waals surface area contributed by atoms with Crippen molar-refractivity contribution >= 4 is 44.0 Å². The number of carbonyl (C=O) groups excluding carboxylic acids is 1. The molecule has 2 fully saturated rings. The van der Waals surface area contributed by atoms with Crippen molar-refractivity contribution < 1.29 is 14.3 Å². The molecule has 0 unspecified atom stereocenters. The van der Waals surface area contributed by atoms with Gasteiger partial charge in [-0.05, 0) is 49.6 Å². The van der Waals surface area contributed by atoms with E-state index in [-0.39, 0.29) is 5.91 Å². The number of anilines is 3. The number of aromatic nitrogens is 1. The number of rotatable bonds is 5. The lowest BCUT2D eigenvalue weighted by Gasteiger charge is -2.29. The van der Waals surface area contributed by atoms with Crippen LogP contribution in [0.3, 0.4) is 0 Å². The third kappa shape index (κ3) is 3.89. The summed E-state index contributed by atoms with van der Waals surface area (Å²) in [6, 6.07) is 9.97. The van der Waals surface area contributed by atoms with Gasteiger partial charge in [0.2, 0.25) is 0 Å². The first-order valence-corrected chi connectivity index (χ1v) is 11.9. The van der Waals surface area contributed by atoms with E-state index in [1.54, 1.807) is 7.11 Å². The summed E-state index contributed by atoms with van der Waals surface area (Å²) in [6.07, 6.45) is 2.41. The summed E-state index contributed by atoms with van der Waals surface area (Å²) in [6.45, 7) is 7.22. The molecule has 2 aliphatic heterocycles. The molecule has 168 valence electrons. The first-order valence-electron chi connectivity index (χ1n) is 11.1. The second-order valence-electron chi connectivity index (χ2n) is 8.18. The molecule has 2 aliphatic rings. The number of carbonyl (C=O) groups is 1. The van der Waals surface area contributed by atoms with Crippen LogP contribution in [-0.2, 0) is 4.74 Å². The van der Waals surface area contributed by atoms with Crippen LogP contribution < -0.4 is 19.9 Å². The quantitative estimate of drug-likeness (QED) is 0.623. The minimum absolute atomic E-state index is 0.130. The van der Waals surface area contributed by atoms with Gasteiger partial charge in [-0.3, -0.25) is 10.1 Å². The highest BCUT2D eigenvalue weighted by molar-refractivity contribution is 7.23. The van der Waals surface area contributed by atoms with Gasteiger partial charge in [0, 0.05) is 37.4 Å². The van der Waals surface area contributed by atoms with E-state index in [1.165, 1.54) is 24.2 Å². The minimum Gasteiger partial charge on any atom is -0.494 e. The Morgan fingerprint density at radius 3 is 2.56 bits per heavy atom. The Bertz CT molecular complexity index is 1130. The Morgan fingerprint density at radius 1 is 1.06 bits per heavy atom. The third-order valence-electron chi connectivity index (χ3n) is 6.27. The van der Waals surface area contributed by atoms with Crippen LogP contribution in [0.15, 0.2) is 30.3 Å². The Labute approximate surface area is 191 Å². The highest BCUT2D eigenvalue weighted by atomic mass is 32.1. The molecular weight excluding hydrogens is 424 g/mol. The van der Waals surface area contributed by atoms with Crippen molar-refractivity contribution in [1.82, 2.24) is 4.98 Å². The van der Waals surface area contributed by atoms with Crippen LogP contribution >= 0.6 is 11.3 Å². The molecule has 8 heteroatoms. The van der Waals surface area contributed by atoms with Crippen LogP contribution in [0.4, 0.5) is 16.5 Å². The van der Waals surface area contributed by atoms with Crippen LogP contribution in [0.25, 0.3) is 10.2 Å². The van der Waals surface area contributed by atoms with E-state index < -0.39 is 0 Å². The number of hydrogen-bond acceptors (Lipinski definition) is 7. The normalized spacial score (nSPS) is 16.6.